The number of rotatable bonds is 1. The van der Waals surface area contributed by atoms with E-state index in [4.69, 9.17) is 11.6 Å². The average molecular weight is 305 g/mol. The van der Waals surface area contributed by atoms with Crippen LogP contribution in [0.1, 0.15) is 30.1 Å². The largest absolute Gasteiger partial charge is 0.388 e. The zero-order valence-corrected chi connectivity index (χ0v) is 12.6. The monoisotopic (exact) mass is 304 g/mol. The first kappa shape index (κ1) is 14.3. The highest BCUT2D eigenvalue weighted by Crippen LogP contribution is 2.27. The van der Waals surface area contributed by atoms with E-state index in [9.17, 15) is 9.90 Å². The fourth-order valence-electron chi connectivity index (χ4n) is 2.89. The maximum Gasteiger partial charge on any atom is 0.256 e. The minimum atomic E-state index is -0.816. The summed E-state index contributed by atoms with van der Waals surface area (Å²) in [4.78, 5) is 18.6. The number of likely N-dealkylation sites (tertiary alicyclic amines) is 1. The summed E-state index contributed by atoms with van der Waals surface area (Å²) >= 11 is 6.09. The molecule has 0 bridgehead atoms. The van der Waals surface area contributed by atoms with Crippen LogP contribution >= 0.6 is 11.6 Å². The van der Waals surface area contributed by atoms with E-state index in [0.717, 1.165) is 23.6 Å². The SMILES string of the molecule is CC1(O)CCCN(C(=O)c2cnc(Cl)c3ccccc23)C1. The van der Waals surface area contributed by atoms with Crippen molar-refractivity contribution in [1.29, 1.82) is 0 Å². The number of carbonyl (C=O) groups excluding carboxylic acids is 1. The molecule has 3 rings (SSSR count). The number of hydrogen-bond acceptors (Lipinski definition) is 3. The number of amides is 1. The Morgan fingerprint density at radius 2 is 2.10 bits per heavy atom. The maximum absolute atomic E-state index is 12.7. The molecular formula is C16H17ClN2O2. The summed E-state index contributed by atoms with van der Waals surface area (Å²) in [5, 5.41) is 12.1. The third-order valence-corrected chi connectivity index (χ3v) is 4.24. The van der Waals surface area contributed by atoms with Gasteiger partial charge in [-0.3, -0.25) is 4.79 Å². The number of fused-ring (bicyclic) bond motifs is 1. The Morgan fingerprint density at radius 3 is 2.81 bits per heavy atom. The van der Waals surface area contributed by atoms with E-state index in [1.165, 1.54) is 6.20 Å². The number of piperidine rings is 1. The van der Waals surface area contributed by atoms with Crippen molar-refractivity contribution in [1.82, 2.24) is 9.88 Å². The van der Waals surface area contributed by atoms with Crippen LogP contribution in [0.15, 0.2) is 30.5 Å². The van der Waals surface area contributed by atoms with Gasteiger partial charge in [-0.15, -0.1) is 0 Å². The molecule has 110 valence electrons. The van der Waals surface area contributed by atoms with Crippen LogP contribution in [0.2, 0.25) is 5.15 Å². The lowest BCUT2D eigenvalue weighted by molar-refractivity contribution is -0.0106. The summed E-state index contributed by atoms with van der Waals surface area (Å²) in [7, 11) is 0. The Hall–Kier alpha value is -1.65. The van der Waals surface area contributed by atoms with Crippen LogP contribution < -0.4 is 0 Å². The van der Waals surface area contributed by atoms with Gasteiger partial charge < -0.3 is 10.0 Å². The van der Waals surface area contributed by atoms with E-state index < -0.39 is 5.60 Å². The number of nitrogens with zero attached hydrogens (tertiary/aromatic N) is 2. The Bertz CT molecular complexity index is 700. The molecule has 1 aromatic heterocycles. The van der Waals surface area contributed by atoms with Crippen LogP contribution in [0.3, 0.4) is 0 Å². The molecule has 21 heavy (non-hydrogen) atoms. The Balaban J connectivity index is 2.01. The fraction of sp³-hybridized carbons (Fsp3) is 0.375. The van der Waals surface area contributed by atoms with E-state index in [1.807, 2.05) is 24.3 Å². The zero-order chi connectivity index (χ0) is 15.0. The topological polar surface area (TPSA) is 53.4 Å². The molecule has 1 aliphatic rings. The van der Waals surface area contributed by atoms with E-state index in [1.54, 1.807) is 11.8 Å². The van der Waals surface area contributed by atoms with Crippen molar-refractivity contribution >= 4 is 28.3 Å². The van der Waals surface area contributed by atoms with Crippen LogP contribution in [0.5, 0.6) is 0 Å². The van der Waals surface area contributed by atoms with E-state index >= 15 is 0 Å². The van der Waals surface area contributed by atoms with Gasteiger partial charge in [0.25, 0.3) is 5.91 Å². The van der Waals surface area contributed by atoms with Gasteiger partial charge in [0.15, 0.2) is 0 Å². The minimum Gasteiger partial charge on any atom is -0.388 e. The van der Waals surface area contributed by atoms with E-state index in [0.29, 0.717) is 23.8 Å². The highest BCUT2D eigenvalue weighted by atomic mass is 35.5. The summed E-state index contributed by atoms with van der Waals surface area (Å²) in [6.45, 7) is 2.78. The summed E-state index contributed by atoms with van der Waals surface area (Å²) in [6, 6.07) is 7.48. The number of β-amino-alcohol motifs (C(OH)–C–C–N with tert-alkyl or cyclic N) is 1. The maximum atomic E-state index is 12.7. The average Bonchev–Trinajstić information content (AvgIpc) is 2.46. The van der Waals surface area contributed by atoms with Gasteiger partial charge in [-0.1, -0.05) is 35.9 Å². The van der Waals surface area contributed by atoms with Crippen molar-refractivity contribution < 1.29 is 9.90 Å². The summed E-state index contributed by atoms with van der Waals surface area (Å²) in [5.41, 5.74) is -0.281. The smallest absolute Gasteiger partial charge is 0.256 e. The van der Waals surface area contributed by atoms with Crippen molar-refractivity contribution in [2.75, 3.05) is 13.1 Å². The molecule has 2 aromatic rings. The normalized spacial score (nSPS) is 22.5. The quantitative estimate of drug-likeness (QED) is 0.824. The van der Waals surface area contributed by atoms with Crippen molar-refractivity contribution in [2.24, 2.45) is 0 Å². The summed E-state index contributed by atoms with van der Waals surface area (Å²) in [5.74, 6) is -0.102. The summed E-state index contributed by atoms with van der Waals surface area (Å²) < 4.78 is 0. The van der Waals surface area contributed by atoms with Crippen LogP contribution in [0.25, 0.3) is 10.8 Å². The second kappa shape index (κ2) is 5.28. The lowest BCUT2D eigenvalue weighted by atomic mass is 9.94. The molecule has 4 nitrogen and oxygen atoms in total. The third-order valence-electron chi connectivity index (χ3n) is 3.94. The van der Waals surface area contributed by atoms with E-state index in [2.05, 4.69) is 4.98 Å². The first-order valence-electron chi connectivity index (χ1n) is 7.03. The van der Waals surface area contributed by atoms with Gasteiger partial charge in [0, 0.05) is 24.7 Å². The van der Waals surface area contributed by atoms with Gasteiger partial charge >= 0.3 is 0 Å². The van der Waals surface area contributed by atoms with Crippen LogP contribution in [0, 0.1) is 0 Å². The molecule has 5 heteroatoms. The number of aliphatic hydroxyl groups is 1. The Labute approximate surface area is 128 Å². The number of halogens is 1. The van der Waals surface area contributed by atoms with Gasteiger partial charge in [-0.25, -0.2) is 4.98 Å². The molecule has 0 spiro atoms. The van der Waals surface area contributed by atoms with E-state index in [-0.39, 0.29) is 5.91 Å². The molecule has 2 heterocycles. The third kappa shape index (κ3) is 2.74. The number of aromatic nitrogens is 1. The fourth-order valence-corrected chi connectivity index (χ4v) is 3.11. The Morgan fingerprint density at radius 1 is 1.38 bits per heavy atom. The molecule has 1 atom stereocenters. The van der Waals surface area contributed by atoms with Crippen LogP contribution in [-0.2, 0) is 0 Å². The van der Waals surface area contributed by atoms with Crippen LogP contribution in [-0.4, -0.2) is 39.6 Å². The molecule has 1 fully saturated rings. The van der Waals surface area contributed by atoms with Crippen molar-refractivity contribution in [3.05, 3.63) is 41.2 Å². The molecule has 1 aliphatic heterocycles. The minimum absolute atomic E-state index is 0.102. The second-order valence-corrected chi connectivity index (χ2v) is 6.19. The van der Waals surface area contributed by atoms with Crippen molar-refractivity contribution in [3.63, 3.8) is 0 Å². The van der Waals surface area contributed by atoms with Gasteiger partial charge in [-0.2, -0.15) is 0 Å². The molecule has 0 radical (unpaired) electrons. The molecule has 1 N–H and O–H groups in total. The zero-order valence-electron chi connectivity index (χ0n) is 11.8. The second-order valence-electron chi connectivity index (χ2n) is 5.84. The number of pyridine rings is 1. The number of hydrogen-bond donors (Lipinski definition) is 1. The first-order chi connectivity index (χ1) is 9.98. The highest BCUT2D eigenvalue weighted by Gasteiger charge is 2.32. The lowest BCUT2D eigenvalue weighted by Gasteiger charge is -2.37. The summed E-state index contributed by atoms with van der Waals surface area (Å²) in [6.07, 6.45) is 3.05. The molecule has 1 aromatic carbocycles. The lowest BCUT2D eigenvalue weighted by Crippen LogP contribution is -2.48. The molecule has 0 aliphatic carbocycles. The van der Waals surface area contributed by atoms with Crippen molar-refractivity contribution in [2.45, 2.75) is 25.4 Å². The predicted molar refractivity (Wildman–Crippen MR) is 82.5 cm³/mol. The highest BCUT2D eigenvalue weighted by molar-refractivity contribution is 6.34. The molecule has 1 saturated heterocycles. The van der Waals surface area contributed by atoms with Gasteiger partial charge in [0.05, 0.1) is 11.2 Å². The molecule has 0 saturated carbocycles. The molecule has 1 amide bonds. The predicted octanol–water partition coefficient (Wildman–Crippen LogP) is 2.88. The van der Waals surface area contributed by atoms with Gasteiger partial charge in [-0.05, 0) is 25.2 Å². The number of carbonyl (C=O) groups is 1. The van der Waals surface area contributed by atoms with Gasteiger partial charge in [0.1, 0.15) is 5.15 Å². The Kier molecular flexibility index (Phi) is 3.59. The molecule has 1 unspecified atom stereocenters. The van der Waals surface area contributed by atoms with Crippen LogP contribution in [0.4, 0.5) is 0 Å². The molecular weight excluding hydrogens is 288 g/mol. The first-order valence-corrected chi connectivity index (χ1v) is 7.41. The van der Waals surface area contributed by atoms with Gasteiger partial charge in [0.2, 0.25) is 0 Å². The number of benzene rings is 1. The van der Waals surface area contributed by atoms with Crippen molar-refractivity contribution in [3.8, 4) is 0 Å². The standard InChI is InChI=1S/C16H17ClN2O2/c1-16(21)7-4-8-19(10-16)15(20)13-9-18-14(17)12-6-3-2-5-11(12)13/h2-3,5-6,9,21H,4,7-8,10H2,1H3.